The quantitative estimate of drug-likeness (QED) is 0.798. The molecule has 1 heterocycles. The van der Waals surface area contributed by atoms with Crippen LogP contribution in [0.3, 0.4) is 0 Å². The molecule has 1 saturated heterocycles. The average Bonchev–Trinajstić information content (AvgIpc) is 2.65. The highest BCUT2D eigenvalue weighted by molar-refractivity contribution is 5.43. The van der Waals surface area contributed by atoms with E-state index >= 15 is 0 Å². The summed E-state index contributed by atoms with van der Waals surface area (Å²) in [7, 11) is 0. The van der Waals surface area contributed by atoms with Crippen molar-refractivity contribution in [2.24, 2.45) is 0 Å². The molecule has 2 heteroatoms. The third-order valence-corrected chi connectivity index (χ3v) is 4.67. The number of aromatic hydroxyl groups is 1. The van der Waals surface area contributed by atoms with Crippen LogP contribution in [0.1, 0.15) is 55.2 Å². The zero-order valence-corrected chi connectivity index (χ0v) is 11.8. The Kier molecular flexibility index (Phi) is 4.07. The van der Waals surface area contributed by atoms with Gasteiger partial charge in [0.1, 0.15) is 5.75 Å². The van der Waals surface area contributed by atoms with Crippen LogP contribution < -0.4 is 5.32 Å². The molecule has 1 aromatic carbocycles. The van der Waals surface area contributed by atoms with Crippen molar-refractivity contribution >= 4 is 0 Å². The van der Waals surface area contributed by atoms with Crippen molar-refractivity contribution in [3.8, 4) is 5.75 Å². The van der Waals surface area contributed by atoms with Crippen LogP contribution in [0.25, 0.3) is 0 Å². The van der Waals surface area contributed by atoms with Gasteiger partial charge in [-0.05, 0) is 74.2 Å². The summed E-state index contributed by atoms with van der Waals surface area (Å²) in [4.78, 5) is 0. The molecule has 1 atom stereocenters. The third kappa shape index (κ3) is 3.11. The Morgan fingerprint density at radius 1 is 1.00 bits per heavy atom. The van der Waals surface area contributed by atoms with Crippen molar-refractivity contribution in [3.63, 3.8) is 0 Å². The van der Waals surface area contributed by atoms with Gasteiger partial charge in [0.15, 0.2) is 0 Å². The van der Waals surface area contributed by atoms with Gasteiger partial charge in [0.2, 0.25) is 0 Å². The predicted octanol–water partition coefficient (Wildman–Crippen LogP) is 3.35. The minimum atomic E-state index is 0.521. The molecule has 0 spiro atoms. The molecule has 1 aliphatic heterocycles. The summed E-state index contributed by atoms with van der Waals surface area (Å²) in [6.45, 7) is 1.14. The number of phenols is 1. The number of fused-ring (bicyclic) bond motifs is 1. The Hall–Kier alpha value is -1.02. The van der Waals surface area contributed by atoms with Crippen molar-refractivity contribution < 1.29 is 5.11 Å². The van der Waals surface area contributed by atoms with Gasteiger partial charge >= 0.3 is 0 Å². The molecule has 2 nitrogen and oxygen atoms in total. The molecule has 0 radical (unpaired) electrons. The van der Waals surface area contributed by atoms with Crippen molar-refractivity contribution in [1.29, 1.82) is 0 Å². The summed E-state index contributed by atoms with van der Waals surface area (Å²) >= 11 is 0. The van der Waals surface area contributed by atoms with Gasteiger partial charge in [-0.3, -0.25) is 0 Å². The van der Waals surface area contributed by atoms with Crippen LogP contribution in [0.15, 0.2) is 12.1 Å². The number of aryl methyl sites for hydroxylation is 2. The van der Waals surface area contributed by atoms with Crippen LogP contribution in [0, 0.1) is 0 Å². The van der Waals surface area contributed by atoms with Gasteiger partial charge < -0.3 is 10.4 Å². The lowest BCUT2D eigenvalue weighted by atomic mass is 9.93. The molecule has 1 aliphatic carbocycles. The van der Waals surface area contributed by atoms with E-state index in [1.54, 1.807) is 0 Å². The number of phenolic OH excluding ortho intramolecular Hbond substituents is 1. The number of nitrogens with one attached hydrogen (secondary N) is 1. The van der Waals surface area contributed by atoms with Crippen molar-refractivity contribution in [3.05, 3.63) is 28.8 Å². The highest BCUT2D eigenvalue weighted by Crippen LogP contribution is 2.29. The number of hydrogen-bond acceptors (Lipinski definition) is 2. The van der Waals surface area contributed by atoms with E-state index in [4.69, 9.17) is 0 Å². The van der Waals surface area contributed by atoms with E-state index in [1.807, 2.05) is 6.07 Å². The topological polar surface area (TPSA) is 32.3 Å². The first-order chi connectivity index (χ1) is 9.33. The molecule has 0 amide bonds. The molecular weight excluding hydrogens is 234 g/mol. The fourth-order valence-electron chi connectivity index (χ4n) is 3.53. The first kappa shape index (κ1) is 13.0. The molecule has 2 N–H and O–H groups in total. The lowest BCUT2D eigenvalue weighted by molar-refractivity contribution is 0.391. The van der Waals surface area contributed by atoms with Crippen LogP contribution in [0.5, 0.6) is 5.75 Å². The molecule has 1 unspecified atom stereocenters. The van der Waals surface area contributed by atoms with Gasteiger partial charge in [0.05, 0.1) is 0 Å². The number of rotatable bonds is 2. The van der Waals surface area contributed by atoms with Crippen molar-refractivity contribution in [2.75, 3.05) is 6.54 Å². The summed E-state index contributed by atoms with van der Waals surface area (Å²) < 4.78 is 0. The summed E-state index contributed by atoms with van der Waals surface area (Å²) in [5.41, 5.74) is 4.02. The molecule has 19 heavy (non-hydrogen) atoms. The minimum Gasteiger partial charge on any atom is -0.508 e. The number of hydrogen-bond donors (Lipinski definition) is 2. The van der Waals surface area contributed by atoms with Gasteiger partial charge in [0.25, 0.3) is 0 Å². The smallest absolute Gasteiger partial charge is 0.119 e. The molecule has 2 aliphatic rings. The third-order valence-electron chi connectivity index (χ3n) is 4.67. The van der Waals surface area contributed by atoms with E-state index in [2.05, 4.69) is 11.4 Å². The standard InChI is InChI=1S/C17H25NO/c19-17-12-14-7-3-1-2-6-13(14)10-15(17)11-16-8-4-5-9-18-16/h10,12,16,18-19H,1-9,11H2. The van der Waals surface area contributed by atoms with Gasteiger partial charge in [-0.15, -0.1) is 0 Å². The summed E-state index contributed by atoms with van der Waals surface area (Å²) in [6, 6.07) is 4.88. The SMILES string of the molecule is Oc1cc2c(cc1CC1CCCCN1)CCCCC2. The minimum absolute atomic E-state index is 0.521. The van der Waals surface area contributed by atoms with Crippen LogP contribution in [0.4, 0.5) is 0 Å². The van der Waals surface area contributed by atoms with E-state index in [1.165, 1.54) is 56.1 Å². The second-order valence-corrected chi connectivity index (χ2v) is 6.16. The lowest BCUT2D eigenvalue weighted by Crippen LogP contribution is -2.35. The van der Waals surface area contributed by atoms with E-state index in [-0.39, 0.29) is 0 Å². The summed E-state index contributed by atoms with van der Waals surface area (Å²) in [6.07, 6.45) is 11.1. The first-order valence-electron chi connectivity index (χ1n) is 7.90. The Morgan fingerprint density at radius 3 is 2.53 bits per heavy atom. The second-order valence-electron chi connectivity index (χ2n) is 6.16. The molecule has 3 rings (SSSR count). The maximum Gasteiger partial charge on any atom is 0.119 e. The van der Waals surface area contributed by atoms with Gasteiger partial charge in [-0.25, -0.2) is 0 Å². The van der Waals surface area contributed by atoms with Crippen molar-refractivity contribution in [1.82, 2.24) is 5.32 Å². The van der Waals surface area contributed by atoms with Gasteiger partial charge in [-0.1, -0.05) is 18.9 Å². The highest BCUT2D eigenvalue weighted by Gasteiger charge is 2.17. The Labute approximate surface area is 116 Å². The van der Waals surface area contributed by atoms with Crippen LogP contribution in [-0.4, -0.2) is 17.7 Å². The fraction of sp³-hybridized carbons (Fsp3) is 0.647. The predicted molar refractivity (Wildman–Crippen MR) is 78.7 cm³/mol. The molecule has 1 aromatic rings. The first-order valence-corrected chi connectivity index (χ1v) is 7.90. The molecule has 104 valence electrons. The average molecular weight is 259 g/mol. The van der Waals surface area contributed by atoms with E-state index < -0.39 is 0 Å². The van der Waals surface area contributed by atoms with E-state index in [9.17, 15) is 5.11 Å². The lowest BCUT2D eigenvalue weighted by Gasteiger charge is -2.24. The molecule has 0 bridgehead atoms. The number of piperidine rings is 1. The fourth-order valence-corrected chi connectivity index (χ4v) is 3.53. The summed E-state index contributed by atoms with van der Waals surface area (Å²) in [5, 5.41) is 13.8. The monoisotopic (exact) mass is 259 g/mol. The molecule has 0 aromatic heterocycles. The van der Waals surface area contributed by atoms with Crippen LogP contribution in [-0.2, 0) is 19.3 Å². The normalized spacial score (nSPS) is 23.7. The Balaban J connectivity index is 1.78. The van der Waals surface area contributed by atoms with E-state index in [0.717, 1.165) is 24.9 Å². The highest BCUT2D eigenvalue weighted by atomic mass is 16.3. The second kappa shape index (κ2) is 5.96. The molecule has 0 saturated carbocycles. The maximum atomic E-state index is 10.3. The van der Waals surface area contributed by atoms with Crippen LogP contribution in [0.2, 0.25) is 0 Å². The van der Waals surface area contributed by atoms with Gasteiger partial charge in [0, 0.05) is 6.04 Å². The van der Waals surface area contributed by atoms with Gasteiger partial charge in [-0.2, -0.15) is 0 Å². The molecule has 1 fully saturated rings. The zero-order chi connectivity index (χ0) is 13.1. The van der Waals surface area contributed by atoms with Crippen molar-refractivity contribution in [2.45, 2.75) is 63.8 Å². The van der Waals surface area contributed by atoms with Crippen LogP contribution >= 0.6 is 0 Å². The Bertz CT molecular complexity index is 435. The number of benzene rings is 1. The zero-order valence-electron chi connectivity index (χ0n) is 11.8. The summed E-state index contributed by atoms with van der Waals surface area (Å²) in [5.74, 6) is 0.521. The van der Waals surface area contributed by atoms with E-state index in [0.29, 0.717) is 11.8 Å². The Morgan fingerprint density at radius 2 is 1.79 bits per heavy atom. The maximum absolute atomic E-state index is 10.3. The molecular formula is C17H25NO. The largest absolute Gasteiger partial charge is 0.508 e.